The fourth-order valence-electron chi connectivity index (χ4n) is 2.58. The molecule has 1 atom stereocenters. The molecule has 4 rings (SSSR count). The molecule has 118 valence electrons. The van der Waals surface area contributed by atoms with Crippen LogP contribution in [-0.4, -0.2) is 19.5 Å². The summed E-state index contributed by atoms with van der Waals surface area (Å²) in [5.74, 6) is 2.50. The highest BCUT2D eigenvalue weighted by molar-refractivity contribution is 5.95. The van der Waals surface area contributed by atoms with Gasteiger partial charge in [-0.15, -0.1) is 0 Å². The number of benzene rings is 2. The van der Waals surface area contributed by atoms with Crippen LogP contribution < -0.4 is 24.3 Å². The van der Waals surface area contributed by atoms with Crippen molar-refractivity contribution in [2.45, 2.75) is 13.0 Å². The number of ether oxygens (including phenoxy) is 4. The zero-order valence-electron chi connectivity index (χ0n) is 12.5. The minimum absolute atomic E-state index is 0.164. The van der Waals surface area contributed by atoms with E-state index in [2.05, 4.69) is 5.32 Å². The number of carbonyl (C=O) groups is 1. The van der Waals surface area contributed by atoms with E-state index < -0.39 is 0 Å². The van der Waals surface area contributed by atoms with Crippen LogP contribution in [0.2, 0.25) is 0 Å². The molecule has 0 aromatic heterocycles. The normalized spacial score (nSPS) is 15.3. The van der Waals surface area contributed by atoms with Crippen LogP contribution in [0.1, 0.15) is 28.9 Å². The third-order valence-corrected chi connectivity index (χ3v) is 3.88. The van der Waals surface area contributed by atoms with Crippen LogP contribution in [0.15, 0.2) is 36.4 Å². The molecule has 2 aliphatic heterocycles. The van der Waals surface area contributed by atoms with Gasteiger partial charge in [-0.25, -0.2) is 0 Å². The molecule has 2 heterocycles. The molecule has 6 nitrogen and oxygen atoms in total. The van der Waals surface area contributed by atoms with Gasteiger partial charge in [-0.1, -0.05) is 6.07 Å². The Hall–Kier alpha value is -2.89. The first kappa shape index (κ1) is 13.8. The summed E-state index contributed by atoms with van der Waals surface area (Å²) in [6, 6.07) is 10.6. The maximum absolute atomic E-state index is 12.4. The molecule has 23 heavy (non-hydrogen) atoms. The maximum Gasteiger partial charge on any atom is 0.251 e. The van der Waals surface area contributed by atoms with Gasteiger partial charge in [0.25, 0.3) is 5.91 Å². The Labute approximate surface area is 132 Å². The van der Waals surface area contributed by atoms with Gasteiger partial charge in [0.15, 0.2) is 23.0 Å². The Kier molecular flexibility index (Phi) is 3.22. The van der Waals surface area contributed by atoms with E-state index in [1.807, 2.05) is 25.1 Å². The third kappa shape index (κ3) is 2.52. The lowest BCUT2D eigenvalue weighted by atomic mass is 10.1. The zero-order chi connectivity index (χ0) is 15.8. The zero-order valence-corrected chi connectivity index (χ0v) is 12.5. The second-order valence-corrected chi connectivity index (χ2v) is 5.38. The number of rotatable bonds is 3. The third-order valence-electron chi connectivity index (χ3n) is 3.88. The van der Waals surface area contributed by atoms with Crippen molar-refractivity contribution in [3.8, 4) is 23.0 Å². The summed E-state index contributed by atoms with van der Waals surface area (Å²) in [5, 5.41) is 2.96. The van der Waals surface area contributed by atoms with Crippen molar-refractivity contribution in [1.29, 1.82) is 0 Å². The fourth-order valence-corrected chi connectivity index (χ4v) is 2.58. The minimum Gasteiger partial charge on any atom is -0.454 e. The molecule has 0 bridgehead atoms. The van der Waals surface area contributed by atoms with Crippen molar-refractivity contribution in [3.63, 3.8) is 0 Å². The summed E-state index contributed by atoms with van der Waals surface area (Å²) in [6.07, 6.45) is 0. The summed E-state index contributed by atoms with van der Waals surface area (Å²) in [6.45, 7) is 2.34. The second-order valence-electron chi connectivity index (χ2n) is 5.38. The molecule has 0 spiro atoms. The Bertz CT molecular complexity index is 774. The SMILES string of the molecule is C[C@H](NC(=O)c1ccc2c(c1)OCO2)c1ccc2c(c1)OCO2. The van der Waals surface area contributed by atoms with E-state index in [1.54, 1.807) is 18.2 Å². The van der Waals surface area contributed by atoms with Crippen LogP contribution in [0.25, 0.3) is 0 Å². The topological polar surface area (TPSA) is 66.0 Å². The van der Waals surface area contributed by atoms with Crippen LogP contribution >= 0.6 is 0 Å². The van der Waals surface area contributed by atoms with Gasteiger partial charge in [-0.3, -0.25) is 4.79 Å². The summed E-state index contributed by atoms with van der Waals surface area (Å²) in [5.41, 5.74) is 1.48. The van der Waals surface area contributed by atoms with Crippen LogP contribution in [0.4, 0.5) is 0 Å². The van der Waals surface area contributed by atoms with Gasteiger partial charge in [0.05, 0.1) is 6.04 Å². The number of fused-ring (bicyclic) bond motifs is 2. The van der Waals surface area contributed by atoms with Gasteiger partial charge in [0, 0.05) is 5.56 Å². The van der Waals surface area contributed by atoms with Gasteiger partial charge < -0.3 is 24.3 Å². The largest absolute Gasteiger partial charge is 0.454 e. The smallest absolute Gasteiger partial charge is 0.251 e. The molecule has 1 amide bonds. The van der Waals surface area contributed by atoms with Gasteiger partial charge in [-0.2, -0.15) is 0 Å². The first-order valence-electron chi connectivity index (χ1n) is 7.31. The molecule has 2 aliphatic rings. The monoisotopic (exact) mass is 313 g/mol. The van der Waals surface area contributed by atoms with E-state index >= 15 is 0 Å². The van der Waals surface area contributed by atoms with Crippen molar-refractivity contribution in [3.05, 3.63) is 47.5 Å². The van der Waals surface area contributed by atoms with Crippen LogP contribution in [0.3, 0.4) is 0 Å². The Morgan fingerprint density at radius 2 is 1.52 bits per heavy atom. The standard InChI is InChI=1S/C17H15NO5/c1-10(11-2-4-13-15(6-11)22-8-20-13)18-17(19)12-3-5-14-16(7-12)23-9-21-14/h2-7,10H,8-9H2,1H3,(H,18,19)/t10-/m0/s1. The predicted molar refractivity (Wildman–Crippen MR) is 81.0 cm³/mol. The van der Waals surface area contributed by atoms with E-state index in [4.69, 9.17) is 18.9 Å². The van der Waals surface area contributed by atoms with Crippen molar-refractivity contribution in [2.75, 3.05) is 13.6 Å². The molecule has 0 saturated heterocycles. The van der Waals surface area contributed by atoms with Crippen molar-refractivity contribution in [2.24, 2.45) is 0 Å². The first-order chi connectivity index (χ1) is 11.2. The van der Waals surface area contributed by atoms with E-state index in [9.17, 15) is 4.79 Å². The number of hydrogen-bond acceptors (Lipinski definition) is 5. The number of nitrogens with one attached hydrogen (secondary N) is 1. The van der Waals surface area contributed by atoms with Crippen LogP contribution in [0, 0.1) is 0 Å². The molecule has 6 heteroatoms. The first-order valence-corrected chi connectivity index (χ1v) is 7.31. The maximum atomic E-state index is 12.4. The van der Waals surface area contributed by atoms with Gasteiger partial charge >= 0.3 is 0 Å². The lowest BCUT2D eigenvalue weighted by Crippen LogP contribution is -2.26. The summed E-state index contributed by atoms with van der Waals surface area (Å²) < 4.78 is 21.2. The number of amides is 1. The van der Waals surface area contributed by atoms with E-state index in [0.717, 1.165) is 11.3 Å². The summed E-state index contributed by atoms with van der Waals surface area (Å²) in [7, 11) is 0. The molecular weight excluding hydrogens is 298 g/mol. The van der Waals surface area contributed by atoms with Crippen LogP contribution in [-0.2, 0) is 0 Å². The minimum atomic E-state index is -0.173. The van der Waals surface area contributed by atoms with Crippen LogP contribution in [0.5, 0.6) is 23.0 Å². The lowest BCUT2D eigenvalue weighted by molar-refractivity contribution is 0.0939. The number of hydrogen-bond donors (Lipinski definition) is 1. The molecule has 0 radical (unpaired) electrons. The van der Waals surface area contributed by atoms with Crippen molar-refractivity contribution < 1.29 is 23.7 Å². The molecule has 0 unspecified atom stereocenters. The van der Waals surface area contributed by atoms with E-state index in [0.29, 0.717) is 22.8 Å². The summed E-state index contributed by atoms with van der Waals surface area (Å²) >= 11 is 0. The fraction of sp³-hybridized carbons (Fsp3) is 0.235. The highest BCUT2D eigenvalue weighted by Gasteiger charge is 2.19. The van der Waals surface area contributed by atoms with Gasteiger partial charge in [0.1, 0.15) is 0 Å². The summed E-state index contributed by atoms with van der Waals surface area (Å²) in [4.78, 5) is 12.4. The van der Waals surface area contributed by atoms with Crippen molar-refractivity contribution in [1.82, 2.24) is 5.32 Å². The highest BCUT2D eigenvalue weighted by Crippen LogP contribution is 2.35. The molecule has 2 aromatic rings. The van der Waals surface area contributed by atoms with Crippen molar-refractivity contribution >= 4 is 5.91 Å². The molecule has 0 fully saturated rings. The van der Waals surface area contributed by atoms with E-state index in [-0.39, 0.29) is 25.5 Å². The average molecular weight is 313 g/mol. The highest BCUT2D eigenvalue weighted by atomic mass is 16.7. The molecule has 2 aromatic carbocycles. The van der Waals surface area contributed by atoms with Gasteiger partial charge in [0.2, 0.25) is 13.6 Å². The lowest BCUT2D eigenvalue weighted by Gasteiger charge is -2.15. The molecule has 1 N–H and O–H groups in total. The molecule has 0 saturated carbocycles. The second kappa shape index (κ2) is 5.39. The van der Waals surface area contributed by atoms with Gasteiger partial charge in [-0.05, 0) is 42.8 Å². The molecule has 0 aliphatic carbocycles. The average Bonchev–Trinajstić information content (AvgIpc) is 3.21. The Morgan fingerprint density at radius 3 is 2.26 bits per heavy atom. The predicted octanol–water partition coefficient (Wildman–Crippen LogP) is 2.64. The van der Waals surface area contributed by atoms with E-state index in [1.165, 1.54) is 0 Å². The Balaban J connectivity index is 1.50. The quantitative estimate of drug-likeness (QED) is 0.943. The Morgan fingerprint density at radius 1 is 0.913 bits per heavy atom. The number of carbonyl (C=O) groups excluding carboxylic acids is 1. The molecular formula is C17H15NO5.